The molecule has 124 valence electrons. The number of nitro groups is 1. The number of amides is 1. The number of nitrogens with one attached hydrogen (secondary N) is 1. The van der Waals surface area contributed by atoms with Gasteiger partial charge in [0.2, 0.25) is 0 Å². The van der Waals surface area contributed by atoms with Crippen molar-refractivity contribution in [3.63, 3.8) is 0 Å². The number of ether oxygens (including phenoxy) is 2. The number of hydrogen-bond acceptors (Lipinski definition) is 5. The summed E-state index contributed by atoms with van der Waals surface area (Å²) < 4.78 is 11.0. The maximum Gasteiger partial charge on any atom is 0.270 e. The lowest BCUT2D eigenvalue weighted by atomic mass is 10.1. The quantitative estimate of drug-likeness (QED) is 0.688. The Kier molecular flexibility index (Phi) is 4.33. The Morgan fingerprint density at radius 1 is 1.17 bits per heavy atom. The number of nitrogens with zero attached hydrogens (tertiary/aromatic N) is 1. The fourth-order valence-corrected chi connectivity index (χ4v) is 2.45. The van der Waals surface area contributed by atoms with Crippen molar-refractivity contribution in [3.05, 3.63) is 63.7 Å². The molecule has 0 radical (unpaired) electrons. The van der Waals surface area contributed by atoms with Gasteiger partial charge < -0.3 is 14.8 Å². The van der Waals surface area contributed by atoms with Gasteiger partial charge in [0.05, 0.1) is 11.0 Å². The van der Waals surface area contributed by atoms with E-state index in [1.165, 1.54) is 18.2 Å². The second kappa shape index (κ2) is 6.57. The summed E-state index contributed by atoms with van der Waals surface area (Å²) in [5.74, 6) is 0.957. The molecule has 1 N–H and O–H groups in total. The lowest BCUT2D eigenvalue weighted by Crippen LogP contribution is -2.27. The first kappa shape index (κ1) is 15.8. The molecule has 0 spiro atoms. The lowest BCUT2D eigenvalue weighted by molar-refractivity contribution is -0.384. The highest BCUT2D eigenvalue weighted by atomic mass is 16.6. The topological polar surface area (TPSA) is 90.7 Å². The van der Waals surface area contributed by atoms with E-state index in [2.05, 4.69) is 5.32 Å². The molecule has 7 nitrogen and oxygen atoms in total. The molecule has 1 heterocycles. The molecule has 0 saturated heterocycles. The monoisotopic (exact) mass is 328 g/mol. The van der Waals surface area contributed by atoms with Gasteiger partial charge in [-0.2, -0.15) is 0 Å². The van der Waals surface area contributed by atoms with Gasteiger partial charge >= 0.3 is 0 Å². The van der Waals surface area contributed by atoms with Gasteiger partial charge in [-0.3, -0.25) is 14.9 Å². The molecule has 0 aliphatic carbocycles. The van der Waals surface area contributed by atoms with E-state index in [1.54, 1.807) is 12.1 Å². The highest BCUT2D eigenvalue weighted by Gasteiger charge is 2.17. The van der Waals surface area contributed by atoms with Crippen molar-refractivity contribution in [2.75, 3.05) is 13.2 Å². The van der Waals surface area contributed by atoms with Gasteiger partial charge in [0.25, 0.3) is 11.6 Å². The highest BCUT2D eigenvalue weighted by Crippen LogP contribution is 2.32. The van der Waals surface area contributed by atoms with Crippen LogP contribution in [0.15, 0.2) is 42.5 Å². The van der Waals surface area contributed by atoms with Crippen LogP contribution in [0.3, 0.4) is 0 Å². The molecule has 1 atom stereocenters. The molecule has 2 aromatic rings. The Balaban J connectivity index is 1.74. The lowest BCUT2D eigenvalue weighted by Gasteiger charge is -2.21. The molecule has 0 fully saturated rings. The fourth-order valence-electron chi connectivity index (χ4n) is 2.45. The smallest absolute Gasteiger partial charge is 0.270 e. The standard InChI is InChI=1S/C17H16N2O5/c1-11(12-5-6-15-16(10-12)24-8-7-23-15)18-17(20)13-3-2-4-14(9-13)19(21)22/h2-6,9-11H,7-8H2,1H3,(H,18,20). The molecule has 2 aromatic carbocycles. The summed E-state index contributed by atoms with van der Waals surface area (Å²) in [5.41, 5.74) is 0.987. The summed E-state index contributed by atoms with van der Waals surface area (Å²) in [6.07, 6.45) is 0. The average molecular weight is 328 g/mol. The van der Waals surface area contributed by atoms with Crippen molar-refractivity contribution in [2.45, 2.75) is 13.0 Å². The number of hydrogen-bond donors (Lipinski definition) is 1. The third kappa shape index (κ3) is 3.29. The molecule has 24 heavy (non-hydrogen) atoms. The molecule has 1 amide bonds. The zero-order valence-corrected chi connectivity index (χ0v) is 13.0. The summed E-state index contributed by atoms with van der Waals surface area (Å²) in [5, 5.41) is 13.6. The van der Waals surface area contributed by atoms with E-state index in [-0.39, 0.29) is 23.2 Å². The number of non-ortho nitro benzene ring substituents is 1. The number of fused-ring (bicyclic) bond motifs is 1. The van der Waals surface area contributed by atoms with Crippen LogP contribution in [0.25, 0.3) is 0 Å². The van der Waals surface area contributed by atoms with Crippen LogP contribution in [0, 0.1) is 10.1 Å². The van der Waals surface area contributed by atoms with Gasteiger partial charge in [-0.25, -0.2) is 0 Å². The Morgan fingerprint density at radius 2 is 1.92 bits per heavy atom. The Hall–Kier alpha value is -3.09. The first-order valence-electron chi connectivity index (χ1n) is 7.49. The van der Waals surface area contributed by atoms with Crippen molar-refractivity contribution in [1.82, 2.24) is 5.32 Å². The van der Waals surface area contributed by atoms with Gasteiger partial charge in [0, 0.05) is 17.7 Å². The van der Waals surface area contributed by atoms with E-state index >= 15 is 0 Å². The van der Waals surface area contributed by atoms with Crippen molar-refractivity contribution < 1.29 is 19.2 Å². The van der Waals surface area contributed by atoms with Crippen LogP contribution in [0.4, 0.5) is 5.69 Å². The maximum atomic E-state index is 12.3. The zero-order valence-electron chi connectivity index (χ0n) is 13.0. The highest BCUT2D eigenvalue weighted by molar-refractivity contribution is 5.95. The largest absolute Gasteiger partial charge is 0.486 e. The average Bonchev–Trinajstić information content (AvgIpc) is 2.61. The molecule has 1 aliphatic rings. The second-order valence-corrected chi connectivity index (χ2v) is 5.41. The summed E-state index contributed by atoms with van der Waals surface area (Å²) >= 11 is 0. The number of carbonyl (C=O) groups is 1. The Bertz CT molecular complexity index is 790. The van der Waals surface area contributed by atoms with E-state index in [4.69, 9.17) is 9.47 Å². The van der Waals surface area contributed by atoms with Crippen LogP contribution in [0.2, 0.25) is 0 Å². The van der Waals surface area contributed by atoms with Gasteiger partial charge in [-0.15, -0.1) is 0 Å². The summed E-state index contributed by atoms with van der Waals surface area (Å²) in [6, 6.07) is 10.8. The fraction of sp³-hybridized carbons (Fsp3) is 0.235. The number of nitro benzene ring substituents is 1. The minimum absolute atomic E-state index is 0.116. The van der Waals surface area contributed by atoms with E-state index in [0.29, 0.717) is 24.7 Å². The zero-order chi connectivity index (χ0) is 17.1. The Morgan fingerprint density at radius 3 is 2.67 bits per heavy atom. The molecule has 3 rings (SSSR count). The van der Waals surface area contributed by atoms with Crippen LogP contribution in [0.1, 0.15) is 28.9 Å². The van der Waals surface area contributed by atoms with Crippen LogP contribution < -0.4 is 14.8 Å². The predicted molar refractivity (Wildman–Crippen MR) is 86.4 cm³/mol. The minimum Gasteiger partial charge on any atom is -0.486 e. The van der Waals surface area contributed by atoms with E-state index in [1.807, 2.05) is 19.1 Å². The molecular weight excluding hydrogens is 312 g/mol. The van der Waals surface area contributed by atoms with E-state index in [9.17, 15) is 14.9 Å². The number of rotatable bonds is 4. The second-order valence-electron chi connectivity index (χ2n) is 5.41. The van der Waals surface area contributed by atoms with Crippen molar-refractivity contribution in [3.8, 4) is 11.5 Å². The van der Waals surface area contributed by atoms with Crippen molar-refractivity contribution in [1.29, 1.82) is 0 Å². The molecule has 0 bridgehead atoms. The number of benzene rings is 2. The van der Waals surface area contributed by atoms with E-state index < -0.39 is 4.92 Å². The normalized spacial score (nSPS) is 13.9. The Labute approximate surface area is 138 Å². The maximum absolute atomic E-state index is 12.3. The first-order chi connectivity index (χ1) is 11.5. The van der Waals surface area contributed by atoms with Crippen molar-refractivity contribution >= 4 is 11.6 Å². The van der Waals surface area contributed by atoms with Crippen molar-refractivity contribution in [2.24, 2.45) is 0 Å². The van der Waals surface area contributed by atoms with Crippen LogP contribution >= 0.6 is 0 Å². The summed E-state index contributed by atoms with van der Waals surface area (Å²) in [4.78, 5) is 22.6. The molecule has 1 aliphatic heterocycles. The van der Waals surface area contributed by atoms with E-state index in [0.717, 1.165) is 5.56 Å². The molecule has 0 saturated carbocycles. The van der Waals surface area contributed by atoms with Crippen LogP contribution in [-0.2, 0) is 0 Å². The first-order valence-corrected chi connectivity index (χ1v) is 7.49. The molecule has 1 unspecified atom stereocenters. The minimum atomic E-state index is -0.527. The SMILES string of the molecule is CC(NC(=O)c1cccc([N+](=O)[O-])c1)c1ccc2c(c1)OCCO2. The van der Waals surface area contributed by atoms with Gasteiger partial charge in [-0.1, -0.05) is 12.1 Å². The van der Waals surface area contributed by atoms with Crippen LogP contribution in [-0.4, -0.2) is 24.0 Å². The molecule has 7 heteroatoms. The summed E-state index contributed by atoms with van der Waals surface area (Å²) in [7, 11) is 0. The third-order valence-electron chi connectivity index (χ3n) is 3.73. The van der Waals surface area contributed by atoms with Crippen LogP contribution in [0.5, 0.6) is 11.5 Å². The summed E-state index contributed by atoms with van der Waals surface area (Å²) in [6.45, 7) is 2.84. The van der Waals surface area contributed by atoms with Gasteiger partial charge in [-0.05, 0) is 30.7 Å². The molecule has 0 aromatic heterocycles. The van der Waals surface area contributed by atoms with Gasteiger partial charge in [0.1, 0.15) is 13.2 Å². The molecular formula is C17H16N2O5. The third-order valence-corrected chi connectivity index (χ3v) is 3.73. The number of carbonyl (C=O) groups excluding carboxylic acids is 1. The predicted octanol–water partition coefficient (Wildman–Crippen LogP) is 2.86. The van der Waals surface area contributed by atoms with Gasteiger partial charge in [0.15, 0.2) is 11.5 Å².